The maximum absolute atomic E-state index is 11.5. The van der Waals surface area contributed by atoms with Crippen molar-refractivity contribution in [2.45, 2.75) is 32.9 Å². The van der Waals surface area contributed by atoms with Crippen LogP contribution in [0.15, 0.2) is 11.1 Å². The number of hydrogen-bond donors (Lipinski definition) is 2. The Hall–Kier alpha value is -1.28. The number of imidazole rings is 1. The van der Waals surface area contributed by atoms with E-state index in [0.717, 1.165) is 0 Å². The third kappa shape index (κ3) is 4.89. The molecule has 0 spiro atoms. The van der Waals surface area contributed by atoms with Gasteiger partial charge in [0, 0.05) is 39.7 Å². The molecule has 121 valence electrons. The van der Waals surface area contributed by atoms with Crippen molar-refractivity contribution in [1.82, 2.24) is 19.5 Å². The molecule has 1 atom stereocenters. The minimum Gasteiger partial charge on any atom is -0.411 e. The van der Waals surface area contributed by atoms with Crippen LogP contribution in [-0.2, 0) is 31.4 Å². The van der Waals surface area contributed by atoms with Gasteiger partial charge in [0.15, 0.2) is 0 Å². The van der Waals surface area contributed by atoms with Crippen LogP contribution in [0.25, 0.3) is 16.9 Å². The Bertz CT molecular complexity index is 594. The molecular weight excluding hydrogens is 454 g/mol. The number of nitrogens with one attached hydrogen (secondary N) is 2. The summed E-state index contributed by atoms with van der Waals surface area (Å²) in [6.07, 6.45) is 1.80. The third-order valence-corrected chi connectivity index (χ3v) is 2.70. The van der Waals surface area contributed by atoms with Crippen molar-refractivity contribution in [2.24, 2.45) is 0 Å². The molecule has 0 saturated heterocycles. The molecule has 0 aliphatic carbocycles. The number of aliphatic hydroxyl groups excluding tert-OH is 1. The van der Waals surface area contributed by atoms with Gasteiger partial charge in [0.1, 0.15) is 5.52 Å². The van der Waals surface area contributed by atoms with Gasteiger partial charge < -0.3 is 30.1 Å². The van der Waals surface area contributed by atoms with Gasteiger partial charge in [0.25, 0.3) is 0 Å². The second-order valence-electron chi connectivity index (χ2n) is 3.85. The number of fused-ring (bicyclic) bond motifs is 1. The van der Waals surface area contributed by atoms with E-state index in [0.29, 0.717) is 18.6 Å². The molecule has 3 N–H and O–H groups in total. The molecular formula is C12H20IrN5O3-. The van der Waals surface area contributed by atoms with Crippen molar-refractivity contribution in [3.63, 3.8) is 0 Å². The molecule has 2 aromatic rings. The van der Waals surface area contributed by atoms with E-state index in [1.807, 2.05) is 13.8 Å². The van der Waals surface area contributed by atoms with E-state index in [1.54, 1.807) is 4.57 Å². The second-order valence-corrected chi connectivity index (χ2v) is 3.85. The van der Waals surface area contributed by atoms with E-state index in [4.69, 9.17) is 15.6 Å². The van der Waals surface area contributed by atoms with Crippen molar-refractivity contribution in [2.75, 3.05) is 13.7 Å². The Kier molecular flexibility index (Phi) is 9.03. The van der Waals surface area contributed by atoms with Crippen LogP contribution in [-0.4, -0.2) is 44.4 Å². The number of hydrogen-bond acceptors (Lipinski definition) is 5. The quantitative estimate of drug-likeness (QED) is 0.676. The normalized spacial score (nSPS) is 11.4. The average Bonchev–Trinajstić information content (AvgIpc) is 2.85. The molecule has 2 rings (SSSR count). The van der Waals surface area contributed by atoms with Gasteiger partial charge in [-0.25, -0.2) is 4.98 Å². The summed E-state index contributed by atoms with van der Waals surface area (Å²) in [7, 11) is 1.53. The summed E-state index contributed by atoms with van der Waals surface area (Å²) in [5.41, 5.74) is 7.53. The van der Waals surface area contributed by atoms with Crippen LogP contribution in [0, 0.1) is 0 Å². The SMILES string of the molecule is CC.COC(CO)CCn1cnc2c(=O)[nH]c([NH-])nc21.[Ir]. The van der Waals surface area contributed by atoms with Crippen LogP contribution in [0.3, 0.4) is 0 Å². The van der Waals surface area contributed by atoms with Crippen molar-refractivity contribution >= 4 is 17.1 Å². The second kappa shape index (κ2) is 9.62. The predicted molar refractivity (Wildman–Crippen MR) is 76.0 cm³/mol. The molecule has 0 aliphatic rings. The molecule has 0 aromatic carbocycles. The number of nitrogens with zero attached hydrogens (tertiary/aromatic N) is 3. The first kappa shape index (κ1) is 19.7. The van der Waals surface area contributed by atoms with E-state index < -0.39 is 5.56 Å². The molecule has 8 nitrogen and oxygen atoms in total. The number of aromatic nitrogens is 4. The van der Waals surface area contributed by atoms with E-state index in [9.17, 15) is 4.79 Å². The average molecular weight is 475 g/mol. The van der Waals surface area contributed by atoms with Crippen LogP contribution >= 0.6 is 0 Å². The summed E-state index contributed by atoms with van der Waals surface area (Å²) in [6.45, 7) is 4.44. The summed E-state index contributed by atoms with van der Waals surface area (Å²) >= 11 is 0. The van der Waals surface area contributed by atoms with Gasteiger partial charge in [0.2, 0.25) is 5.56 Å². The summed E-state index contributed by atoms with van der Waals surface area (Å²) in [5.74, 6) is -0.195. The summed E-state index contributed by atoms with van der Waals surface area (Å²) in [6, 6.07) is 0. The summed E-state index contributed by atoms with van der Waals surface area (Å²) < 4.78 is 6.72. The number of methoxy groups -OCH3 is 1. The van der Waals surface area contributed by atoms with Gasteiger partial charge in [-0.2, -0.15) is 0 Å². The number of rotatable bonds is 5. The minimum absolute atomic E-state index is 0. The Morgan fingerprint density at radius 3 is 2.76 bits per heavy atom. The molecule has 0 amide bonds. The first-order valence-electron chi connectivity index (χ1n) is 6.46. The van der Waals surface area contributed by atoms with Gasteiger partial charge in [-0.05, 0) is 6.42 Å². The number of ether oxygens (including phenoxy) is 1. The van der Waals surface area contributed by atoms with E-state index >= 15 is 0 Å². The zero-order valence-electron chi connectivity index (χ0n) is 12.2. The van der Waals surface area contributed by atoms with E-state index in [2.05, 4.69) is 15.0 Å². The molecule has 9 heteroatoms. The fourth-order valence-electron chi connectivity index (χ4n) is 1.68. The van der Waals surface area contributed by atoms with Gasteiger partial charge in [-0.15, -0.1) is 0 Å². The monoisotopic (exact) mass is 475 g/mol. The Morgan fingerprint density at radius 2 is 2.19 bits per heavy atom. The Balaban J connectivity index is 0.00000128. The molecule has 0 fully saturated rings. The number of aliphatic hydroxyl groups is 1. The topological polar surface area (TPSA) is 117 Å². The molecule has 21 heavy (non-hydrogen) atoms. The zero-order chi connectivity index (χ0) is 15.1. The molecule has 1 radical (unpaired) electrons. The fraction of sp³-hybridized carbons (Fsp3) is 0.583. The molecule has 2 aromatic heterocycles. The van der Waals surface area contributed by atoms with Crippen molar-refractivity contribution in [3.8, 4) is 0 Å². The maximum Gasteiger partial charge on any atom is 0.222 e. The number of aromatic amines is 1. The number of H-pyrrole nitrogens is 1. The van der Waals surface area contributed by atoms with Crippen LogP contribution < -0.4 is 5.56 Å². The van der Waals surface area contributed by atoms with Crippen molar-refractivity contribution in [3.05, 3.63) is 22.4 Å². The van der Waals surface area contributed by atoms with Crippen LogP contribution in [0.2, 0.25) is 0 Å². The Labute approximate surface area is 136 Å². The van der Waals surface area contributed by atoms with Gasteiger partial charge in [0.05, 0.1) is 24.7 Å². The standard InChI is InChI=1S/C10H15N5O3.C2H6.Ir/c1-18-6(4-16)2-3-15-5-12-7-8(15)13-10(11)14-9(7)17;1-2;/h5-6,16H,2-4H2,1H3,(H3,11,13,14,17);1-2H3;/p-1. The summed E-state index contributed by atoms with van der Waals surface area (Å²) in [4.78, 5) is 21.7. The number of aryl methyl sites for hydroxylation is 1. The van der Waals surface area contributed by atoms with E-state index in [1.165, 1.54) is 13.4 Å². The van der Waals surface area contributed by atoms with E-state index in [-0.39, 0.29) is 44.3 Å². The molecule has 0 bridgehead atoms. The predicted octanol–water partition coefficient (Wildman–Crippen LogP) is 1.22. The maximum atomic E-state index is 11.5. The largest absolute Gasteiger partial charge is 0.411 e. The molecule has 2 heterocycles. The molecule has 0 aliphatic heterocycles. The van der Waals surface area contributed by atoms with Gasteiger partial charge >= 0.3 is 0 Å². The van der Waals surface area contributed by atoms with Gasteiger partial charge in [-0.3, -0.25) is 4.79 Å². The zero-order valence-corrected chi connectivity index (χ0v) is 14.6. The van der Waals surface area contributed by atoms with Crippen molar-refractivity contribution in [1.29, 1.82) is 0 Å². The van der Waals surface area contributed by atoms with Gasteiger partial charge in [-0.1, -0.05) is 13.8 Å². The molecule has 1 unspecified atom stereocenters. The van der Waals surface area contributed by atoms with Crippen LogP contribution in [0.1, 0.15) is 20.3 Å². The third-order valence-electron chi connectivity index (χ3n) is 2.70. The first-order chi connectivity index (χ1) is 9.65. The van der Waals surface area contributed by atoms with Crippen molar-refractivity contribution < 1.29 is 29.9 Å². The van der Waals surface area contributed by atoms with Crippen LogP contribution in [0.5, 0.6) is 0 Å². The van der Waals surface area contributed by atoms with Crippen LogP contribution in [0.4, 0.5) is 5.95 Å². The fourth-order valence-corrected chi connectivity index (χ4v) is 1.68. The Morgan fingerprint density at radius 1 is 1.52 bits per heavy atom. The minimum atomic E-state index is -0.422. The first-order valence-corrected chi connectivity index (χ1v) is 6.46. The molecule has 0 saturated carbocycles. The smallest absolute Gasteiger partial charge is 0.222 e. The summed E-state index contributed by atoms with van der Waals surface area (Å²) in [5, 5.41) is 9.01.